The summed E-state index contributed by atoms with van der Waals surface area (Å²) in [4.78, 5) is 17.6. The zero-order valence-electron chi connectivity index (χ0n) is 15.8. The fourth-order valence-electron chi connectivity index (χ4n) is 3.64. The van der Waals surface area contributed by atoms with Gasteiger partial charge in [-0.2, -0.15) is 0 Å². The van der Waals surface area contributed by atoms with Gasteiger partial charge >= 0.3 is 0 Å². The highest BCUT2D eigenvalue weighted by atomic mass is 16.5. The Morgan fingerprint density at radius 3 is 2.74 bits per heavy atom. The van der Waals surface area contributed by atoms with Gasteiger partial charge in [0, 0.05) is 29.8 Å². The number of carbonyl (C=O) groups excluding carboxylic acids is 1. The molecule has 1 fully saturated rings. The second-order valence-corrected chi connectivity index (χ2v) is 7.22. The van der Waals surface area contributed by atoms with Gasteiger partial charge < -0.3 is 10.1 Å². The van der Waals surface area contributed by atoms with Crippen molar-refractivity contribution in [3.63, 3.8) is 0 Å². The van der Waals surface area contributed by atoms with E-state index in [9.17, 15) is 4.79 Å². The van der Waals surface area contributed by atoms with Gasteiger partial charge in [0.1, 0.15) is 0 Å². The number of fused-ring (bicyclic) bond motifs is 1. The van der Waals surface area contributed by atoms with Crippen LogP contribution in [0, 0.1) is 13.8 Å². The minimum atomic E-state index is -0.0675. The monoisotopic (exact) mass is 360 g/mol. The van der Waals surface area contributed by atoms with Crippen molar-refractivity contribution in [1.82, 2.24) is 10.3 Å². The molecular weight excluding hydrogens is 336 g/mol. The Morgan fingerprint density at radius 1 is 1.19 bits per heavy atom. The van der Waals surface area contributed by atoms with Gasteiger partial charge in [-0.25, -0.2) is 0 Å². The molecule has 2 heterocycles. The first-order valence-electron chi connectivity index (χ1n) is 9.49. The maximum atomic E-state index is 12.9. The van der Waals surface area contributed by atoms with E-state index in [2.05, 4.69) is 42.6 Å². The summed E-state index contributed by atoms with van der Waals surface area (Å²) in [7, 11) is 0. The SMILES string of the molecule is Cc1ccc(-c2cccc3c(C(=O)NCC4CCCO4)cc(C)nc23)cc1. The topological polar surface area (TPSA) is 51.2 Å². The van der Waals surface area contributed by atoms with E-state index in [4.69, 9.17) is 9.72 Å². The van der Waals surface area contributed by atoms with Crippen molar-refractivity contribution in [2.45, 2.75) is 32.8 Å². The number of benzene rings is 2. The van der Waals surface area contributed by atoms with Gasteiger partial charge in [0.05, 0.1) is 17.2 Å². The number of hydrogen-bond acceptors (Lipinski definition) is 3. The maximum absolute atomic E-state index is 12.9. The second kappa shape index (κ2) is 7.49. The molecule has 1 unspecified atom stereocenters. The first-order chi connectivity index (χ1) is 13.1. The van der Waals surface area contributed by atoms with Crippen LogP contribution >= 0.6 is 0 Å². The van der Waals surface area contributed by atoms with Gasteiger partial charge in [0.15, 0.2) is 0 Å². The molecule has 2 aromatic carbocycles. The lowest BCUT2D eigenvalue weighted by Crippen LogP contribution is -2.32. The third kappa shape index (κ3) is 3.71. The molecule has 1 amide bonds. The number of para-hydroxylation sites is 1. The van der Waals surface area contributed by atoms with Crippen LogP contribution in [0.3, 0.4) is 0 Å². The fourth-order valence-corrected chi connectivity index (χ4v) is 3.64. The van der Waals surface area contributed by atoms with Gasteiger partial charge in [-0.15, -0.1) is 0 Å². The average Bonchev–Trinajstić information content (AvgIpc) is 3.19. The maximum Gasteiger partial charge on any atom is 0.252 e. The molecule has 4 nitrogen and oxygen atoms in total. The predicted molar refractivity (Wildman–Crippen MR) is 108 cm³/mol. The van der Waals surface area contributed by atoms with Crippen molar-refractivity contribution < 1.29 is 9.53 Å². The Kier molecular flexibility index (Phi) is 4.90. The van der Waals surface area contributed by atoms with E-state index < -0.39 is 0 Å². The third-order valence-electron chi connectivity index (χ3n) is 5.09. The minimum Gasteiger partial charge on any atom is -0.376 e. The first kappa shape index (κ1) is 17.7. The molecule has 0 bridgehead atoms. The molecule has 1 atom stereocenters. The summed E-state index contributed by atoms with van der Waals surface area (Å²) in [6.45, 7) is 5.35. The molecule has 3 aromatic rings. The number of nitrogens with one attached hydrogen (secondary N) is 1. The van der Waals surface area contributed by atoms with E-state index in [1.807, 2.05) is 25.1 Å². The largest absolute Gasteiger partial charge is 0.376 e. The molecule has 1 aliphatic heterocycles. The number of ether oxygens (including phenoxy) is 1. The zero-order valence-corrected chi connectivity index (χ0v) is 15.8. The van der Waals surface area contributed by atoms with E-state index in [1.165, 1.54) is 5.56 Å². The Balaban J connectivity index is 1.72. The van der Waals surface area contributed by atoms with Gasteiger partial charge in [-0.3, -0.25) is 9.78 Å². The molecule has 0 aliphatic carbocycles. The fraction of sp³-hybridized carbons (Fsp3) is 0.304. The van der Waals surface area contributed by atoms with Gasteiger partial charge in [0.2, 0.25) is 0 Å². The van der Waals surface area contributed by atoms with E-state index in [1.54, 1.807) is 0 Å². The van der Waals surface area contributed by atoms with Crippen molar-refractivity contribution in [1.29, 1.82) is 0 Å². The molecular formula is C23H24N2O2. The molecule has 0 radical (unpaired) electrons. The van der Waals surface area contributed by atoms with E-state index >= 15 is 0 Å². The molecule has 27 heavy (non-hydrogen) atoms. The van der Waals surface area contributed by atoms with Crippen LogP contribution < -0.4 is 5.32 Å². The molecule has 138 valence electrons. The van der Waals surface area contributed by atoms with Crippen molar-refractivity contribution in [3.05, 3.63) is 65.4 Å². The van der Waals surface area contributed by atoms with E-state index in [-0.39, 0.29) is 12.0 Å². The highest BCUT2D eigenvalue weighted by Gasteiger charge is 2.19. The predicted octanol–water partition coefficient (Wildman–Crippen LogP) is 4.43. The molecule has 4 rings (SSSR count). The minimum absolute atomic E-state index is 0.0675. The number of pyridine rings is 1. The number of aryl methyl sites for hydroxylation is 2. The lowest BCUT2D eigenvalue weighted by molar-refractivity contribution is 0.0859. The third-order valence-corrected chi connectivity index (χ3v) is 5.09. The van der Waals surface area contributed by atoms with Crippen LogP contribution in [0.2, 0.25) is 0 Å². The number of nitrogens with zero attached hydrogens (tertiary/aromatic N) is 1. The lowest BCUT2D eigenvalue weighted by atomic mass is 9.98. The molecule has 1 N–H and O–H groups in total. The van der Waals surface area contributed by atoms with Gasteiger partial charge in [0.25, 0.3) is 5.91 Å². The first-order valence-corrected chi connectivity index (χ1v) is 9.49. The molecule has 0 saturated carbocycles. The summed E-state index contributed by atoms with van der Waals surface area (Å²) >= 11 is 0. The van der Waals surface area contributed by atoms with Crippen molar-refractivity contribution in [2.75, 3.05) is 13.2 Å². The lowest BCUT2D eigenvalue weighted by Gasteiger charge is -2.14. The van der Waals surface area contributed by atoms with Gasteiger partial charge in [-0.1, -0.05) is 48.0 Å². The summed E-state index contributed by atoms with van der Waals surface area (Å²) in [5, 5.41) is 3.91. The summed E-state index contributed by atoms with van der Waals surface area (Å²) in [6, 6.07) is 16.3. The Bertz CT molecular complexity index is 974. The smallest absolute Gasteiger partial charge is 0.252 e. The van der Waals surface area contributed by atoms with Crippen molar-refractivity contribution >= 4 is 16.8 Å². The van der Waals surface area contributed by atoms with Crippen LogP contribution in [0.4, 0.5) is 0 Å². The van der Waals surface area contributed by atoms with E-state index in [0.717, 1.165) is 47.2 Å². The average molecular weight is 360 g/mol. The molecule has 0 spiro atoms. The quantitative estimate of drug-likeness (QED) is 0.749. The standard InChI is InChI=1S/C23H24N2O2/c1-15-8-10-17(11-9-15)19-6-3-7-20-21(13-16(2)25-22(19)20)23(26)24-14-18-5-4-12-27-18/h3,6-11,13,18H,4-5,12,14H2,1-2H3,(H,24,26). The van der Waals surface area contributed by atoms with Crippen LogP contribution in [0.15, 0.2) is 48.5 Å². The molecule has 1 aliphatic rings. The highest BCUT2D eigenvalue weighted by Crippen LogP contribution is 2.30. The van der Waals surface area contributed by atoms with Crippen LogP contribution in [-0.4, -0.2) is 30.1 Å². The highest BCUT2D eigenvalue weighted by molar-refractivity contribution is 6.09. The van der Waals surface area contributed by atoms with Crippen LogP contribution in [0.1, 0.15) is 34.5 Å². The molecule has 1 aromatic heterocycles. The van der Waals surface area contributed by atoms with Crippen LogP contribution in [0.5, 0.6) is 0 Å². The molecule has 4 heteroatoms. The number of amides is 1. The number of aromatic nitrogens is 1. The second-order valence-electron chi connectivity index (χ2n) is 7.22. The Hall–Kier alpha value is -2.72. The van der Waals surface area contributed by atoms with Gasteiger partial charge in [-0.05, 0) is 38.3 Å². The van der Waals surface area contributed by atoms with Crippen molar-refractivity contribution in [2.24, 2.45) is 0 Å². The molecule has 1 saturated heterocycles. The van der Waals surface area contributed by atoms with E-state index in [0.29, 0.717) is 12.1 Å². The number of hydrogen-bond donors (Lipinski definition) is 1. The summed E-state index contributed by atoms with van der Waals surface area (Å²) in [6.07, 6.45) is 2.21. The summed E-state index contributed by atoms with van der Waals surface area (Å²) in [5.41, 5.74) is 5.74. The van der Waals surface area contributed by atoms with Crippen LogP contribution in [-0.2, 0) is 4.74 Å². The number of carbonyl (C=O) groups is 1. The normalized spacial score (nSPS) is 16.6. The Labute approximate surface area is 159 Å². The van der Waals surface area contributed by atoms with Crippen molar-refractivity contribution in [3.8, 4) is 11.1 Å². The zero-order chi connectivity index (χ0) is 18.8. The summed E-state index contributed by atoms with van der Waals surface area (Å²) < 4.78 is 5.61. The Morgan fingerprint density at radius 2 is 2.00 bits per heavy atom. The summed E-state index contributed by atoms with van der Waals surface area (Å²) in [5.74, 6) is -0.0675. The van der Waals surface area contributed by atoms with Crippen LogP contribution in [0.25, 0.3) is 22.0 Å². The number of rotatable bonds is 4.